The quantitative estimate of drug-likeness (QED) is 0.473. The van der Waals surface area contributed by atoms with E-state index in [2.05, 4.69) is 10.3 Å². The highest BCUT2D eigenvalue weighted by atomic mass is 16.5. The van der Waals surface area contributed by atoms with Crippen LogP contribution in [0.1, 0.15) is 16.1 Å². The number of nitrogens with one attached hydrogen (secondary N) is 1. The number of carbonyl (C=O) groups is 2. The highest BCUT2D eigenvalue weighted by Gasteiger charge is 2.23. The van der Waals surface area contributed by atoms with Gasteiger partial charge in [0.05, 0.1) is 7.11 Å². The Balaban J connectivity index is 1.48. The number of hydrogen-bond donors (Lipinski definition) is 2. The van der Waals surface area contributed by atoms with Crippen molar-refractivity contribution >= 4 is 22.8 Å². The van der Waals surface area contributed by atoms with E-state index in [1.807, 2.05) is 36.4 Å². The maximum Gasteiger partial charge on any atom is 0.326 e. The van der Waals surface area contributed by atoms with Crippen LogP contribution >= 0.6 is 0 Å². The van der Waals surface area contributed by atoms with Crippen molar-refractivity contribution < 1.29 is 23.8 Å². The van der Waals surface area contributed by atoms with E-state index >= 15 is 0 Å². The zero-order valence-corrected chi connectivity index (χ0v) is 16.7. The number of amides is 1. The third kappa shape index (κ3) is 4.56. The lowest BCUT2D eigenvalue weighted by Crippen LogP contribution is -2.42. The van der Waals surface area contributed by atoms with E-state index in [1.54, 1.807) is 43.8 Å². The molecule has 31 heavy (non-hydrogen) atoms. The molecule has 2 aromatic heterocycles. The van der Waals surface area contributed by atoms with E-state index in [1.165, 1.54) is 0 Å². The maximum absolute atomic E-state index is 12.6. The average molecular weight is 416 g/mol. The van der Waals surface area contributed by atoms with Crippen LogP contribution in [0.5, 0.6) is 5.75 Å². The summed E-state index contributed by atoms with van der Waals surface area (Å²) in [6.45, 7) is 0. The van der Waals surface area contributed by atoms with E-state index < -0.39 is 17.9 Å². The number of benzene rings is 2. The lowest BCUT2D eigenvalue weighted by atomic mass is 10.0. The molecule has 2 N–H and O–H groups in total. The summed E-state index contributed by atoms with van der Waals surface area (Å²) < 4.78 is 10.7. The average Bonchev–Trinajstić information content (AvgIpc) is 3.23. The predicted molar refractivity (Wildman–Crippen MR) is 115 cm³/mol. The van der Waals surface area contributed by atoms with Gasteiger partial charge in [-0.15, -0.1) is 0 Å². The number of fused-ring (bicyclic) bond motifs is 1. The minimum Gasteiger partial charge on any atom is -0.497 e. The molecule has 0 bridgehead atoms. The molecule has 2 aromatic carbocycles. The third-order valence-corrected chi connectivity index (χ3v) is 4.96. The fourth-order valence-corrected chi connectivity index (χ4v) is 3.30. The molecule has 156 valence electrons. The SMILES string of the molecule is COc1ccc2oc(C(=O)NC(Cc3ccc(-c4ccncc4)cc3)C(=O)O)cc2c1. The first-order valence-corrected chi connectivity index (χ1v) is 9.64. The number of pyridine rings is 1. The molecular weight excluding hydrogens is 396 g/mol. The van der Waals surface area contributed by atoms with Gasteiger partial charge in [-0.05, 0) is 53.1 Å². The number of aliphatic carboxylic acids is 1. The van der Waals surface area contributed by atoms with Gasteiger partial charge in [-0.3, -0.25) is 9.78 Å². The molecule has 4 aromatic rings. The molecule has 4 rings (SSSR count). The van der Waals surface area contributed by atoms with Crippen LogP contribution in [0.25, 0.3) is 22.1 Å². The van der Waals surface area contributed by atoms with Gasteiger partial charge in [0.1, 0.15) is 17.4 Å². The van der Waals surface area contributed by atoms with Gasteiger partial charge in [-0.2, -0.15) is 0 Å². The van der Waals surface area contributed by atoms with Gasteiger partial charge in [0.2, 0.25) is 0 Å². The van der Waals surface area contributed by atoms with Crippen LogP contribution in [0, 0.1) is 0 Å². The lowest BCUT2D eigenvalue weighted by molar-refractivity contribution is -0.139. The van der Waals surface area contributed by atoms with Crippen LogP contribution in [-0.2, 0) is 11.2 Å². The zero-order valence-electron chi connectivity index (χ0n) is 16.7. The van der Waals surface area contributed by atoms with E-state index in [0.717, 1.165) is 16.7 Å². The molecule has 1 unspecified atom stereocenters. The Hall–Kier alpha value is -4.13. The van der Waals surface area contributed by atoms with Crippen molar-refractivity contribution in [3.63, 3.8) is 0 Å². The van der Waals surface area contributed by atoms with Crippen LogP contribution in [0.2, 0.25) is 0 Å². The molecular formula is C24H20N2O5. The van der Waals surface area contributed by atoms with Gasteiger partial charge < -0.3 is 19.6 Å². The Morgan fingerprint density at radius 3 is 2.42 bits per heavy atom. The Kier molecular flexibility index (Phi) is 5.66. The molecule has 2 heterocycles. The van der Waals surface area contributed by atoms with Crippen LogP contribution < -0.4 is 10.1 Å². The molecule has 0 fully saturated rings. The zero-order chi connectivity index (χ0) is 21.8. The van der Waals surface area contributed by atoms with Gasteiger partial charge >= 0.3 is 5.97 Å². The van der Waals surface area contributed by atoms with Crippen molar-refractivity contribution in [2.75, 3.05) is 7.11 Å². The summed E-state index contributed by atoms with van der Waals surface area (Å²) in [6.07, 6.45) is 3.58. The molecule has 0 saturated carbocycles. The molecule has 7 heteroatoms. The summed E-state index contributed by atoms with van der Waals surface area (Å²) in [5, 5.41) is 12.8. The van der Waals surface area contributed by atoms with E-state index in [9.17, 15) is 14.7 Å². The molecule has 0 saturated heterocycles. The van der Waals surface area contributed by atoms with Crippen molar-refractivity contribution in [1.82, 2.24) is 10.3 Å². The largest absolute Gasteiger partial charge is 0.497 e. The number of hydrogen-bond acceptors (Lipinski definition) is 5. The highest BCUT2D eigenvalue weighted by molar-refractivity contribution is 5.98. The minimum absolute atomic E-state index is 0.0440. The van der Waals surface area contributed by atoms with Crippen molar-refractivity contribution in [3.8, 4) is 16.9 Å². The first-order valence-electron chi connectivity index (χ1n) is 9.64. The Bertz CT molecular complexity index is 1220. The first kappa shape index (κ1) is 20.2. The summed E-state index contributed by atoms with van der Waals surface area (Å²) in [5.41, 5.74) is 3.33. The van der Waals surface area contributed by atoms with Crippen molar-refractivity contribution in [3.05, 3.63) is 84.4 Å². The fourth-order valence-electron chi connectivity index (χ4n) is 3.30. The van der Waals surface area contributed by atoms with Crippen molar-refractivity contribution in [2.45, 2.75) is 12.5 Å². The summed E-state index contributed by atoms with van der Waals surface area (Å²) >= 11 is 0. The number of aromatic nitrogens is 1. The number of carboxylic acids is 1. The summed E-state index contributed by atoms with van der Waals surface area (Å²) in [6, 6.07) is 17.0. The fraction of sp³-hybridized carbons (Fsp3) is 0.125. The lowest BCUT2D eigenvalue weighted by Gasteiger charge is -2.14. The molecule has 7 nitrogen and oxygen atoms in total. The molecule has 0 spiro atoms. The molecule has 0 radical (unpaired) electrons. The maximum atomic E-state index is 12.6. The number of carboxylic acid groups (broad SMARTS) is 1. The van der Waals surface area contributed by atoms with Gasteiger partial charge in [0, 0.05) is 24.2 Å². The number of ether oxygens (including phenoxy) is 1. The second-order valence-corrected chi connectivity index (χ2v) is 7.02. The smallest absolute Gasteiger partial charge is 0.326 e. The van der Waals surface area contributed by atoms with Crippen LogP contribution in [-0.4, -0.2) is 35.1 Å². The highest BCUT2D eigenvalue weighted by Crippen LogP contribution is 2.24. The van der Waals surface area contributed by atoms with E-state index in [-0.39, 0.29) is 12.2 Å². The number of rotatable bonds is 7. The number of carbonyl (C=O) groups excluding carboxylic acids is 1. The van der Waals surface area contributed by atoms with Gasteiger partial charge in [0.25, 0.3) is 5.91 Å². The Morgan fingerprint density at radius 2 is 1.74 bits per heavy atom. The van der Waals surface area contributed by atoms with Gasteiger partial charge in [-0.1, -0.05) is 24.3 Å². The van der Waals surface area contributed by atoms with Crippen LogP contribution in [0.15, 0.2) is 77.5 Å². The topological polar surface area (TPSA) is 102 Å². The molecule has 0 aliphatic heterocycles. The Morgan fingerprint density at radius 1 is 1.03 bits per heavy atom. The second kappa shape index (κ2) is 8.71. The monoisotopic (exact) mass is 416 g/mol. The predicted octanol–water partition coefficient (Wildman–Crippen LogP) is 3.93. The minimum atomic E-state index is -1.12. The molecule has 0 aliphatic rings. The summed E-state index contributed by atoms with van der Waals surface area (Å²) in [5.74, 6) is -1.03. The molecule has 1 atom stereocenters. The number of methoxy groups -OCH3 is 1. The van der Waals surface area contributed by atoms with Crippen LogP contribution in [0.3, 0.4) is 0 Å². The van der Waals surface area contributed by atoms with E-state index in [4.69, 9.17) is 9.15 Å². The van der Waals surface area contributed by atoms with Crippen molar-refractivity contribution in [1.29, 1.82) is 0 Å². The van der Waals surface area contributed by atoms with Gasteiger partial charge in [0.15, 0.2) is 5.76 Å². The van der Waals surface area contributed by atoms with Gasteiger partial charge in [-0.25, -0.2) is 4.79 Å². The van der Waals surface area contributed by atoms with Crippen LogP contribution in [0.4, 0.5) is 0 Å². The standard InChI is InChI=1S/C24H20N2O5/c1-30-19-6-7-21-18(13-19)14-22(31-21)23(27)26-20(24(28)29)12-15-2-4-16(5-3-15)17-8-10-25-11-9-17/h2-11,13-14,20H,12H2,1H3,(H,26,27)(H,28,29). The second-order valence-electron chi connectivity index (χ2n) is 7.02. The third-order valence-electron chi connectivity index (χ3n) is 4.96. The number of nitrogens with zero attached hydrogens (tertiary/aromatic N) is 1. The Labute approximate surface area is 178 Å². The molecule has 1 amide bonds. The van der Waals surface area contributed by atoms with E-state index in [0.29, 0.717) is 16.7 Å². The normalized spacial score (nSPS) is 11.8. The van der Waals surface area contributed by atoms with Crippen molar-refractivity contribution in [2.24, 2.45) is 0 Å². The summed E-state index contributed by atoms with van der Waals surface area (Å²) in [7, 11) is 1.55. The molecule has 0 aliphatic carbocycles. The first-order chi connectivity index (χ1) is 15.0. The summed E-state index contributed by atoms with van der Waals surface area (Å²) in [4.78, 5) is 28.4. The number of furan rings is 1.